The van der Waals surface area contributed by atoms with Crippen LogP contribution in [0.3, 0.4) is 0 Å². The maximum atomic E-state index is 9.28. The molecule has 0 unspecified atom stereocenters. The Morgan fingerprint density at radius 2 is 2.06 bits per heavy atom. The Bertz CT molecular complexity index is 392. The van der Waals surface area contributed by atoms with Crippen molar-refractivity contribution in [2.24, 2.45) is 5.92 Å². The SMILES string of the molecule is COc1c(C)cnc(CN[C@H](CO)C(C)C)c1C. The fourth-order valence-corrected chi connectivity index (χ4v) is 1.99. The number of aliphatic hydroxyl groups is 1. The molecule has 1 aromatic heterocycles. The number of aryl methyl sites for hydroxylation is 1. The van der Waals surface area contributed by atoms with Crippen LogP contribution in [0.15, 0.2) is 6.20 Å². The van der Waals surface area contributed by atoms with Crippen molar-refractivity contribution in [3.05, 3.63) is 23.0 Å². The number of hydrogen-bond donors (Lipinski definition) is 2. The van der Waals surface area contributed by atoms with Gasteiger partial charge in [-0.3, -0.25) is 4.98 Å². The zero-order chi connectivity index (χ0) is 13.7. The molecular weight excluding hydrogens is 228 g/mol. The molecule has 102 valence electrons. The predicted molar refractivity (Wildman–Crippen MR) is 72.8 cm³/mol. The van der Waals surface area contributed by atoms with Crippen LogP contribution < -0.4 is 10.1 Å². The molecule has 18 heavy (non-hydrogen) atoms. The second-order valence-electron chi connectivity index (χ2n) is 4.96. The Hall–Kier alpha value is -1.13. The molecule has 1 heterocycles. The van der Waals surface area contributed by atoms with Crippen LogP contribution in [0, 0.1) is 19.8 Å². The van der Waals surface area contributed by atoms with Gasteiger partial charge in [-0.15, -0.1) is 0 Å². The van der Waals surface area contributed by atoms with Gasteiger partial charge in [0.25, 0.3) is 0 Å². The Balaban J connectivity index is 2.79. The fourth-order valence-electron chi connectivity index (χ4n) is 1.99. The number of aromatic nitrogens is 1. The molecular formula is C14H24N2O2. The quantitative estimate of drug-likeness (QED) is 0.811. The summed E-state index contributed by atoms with van der Waals surface area (Å²) in [6, 6.07) is 0.0958. The van der Waals surface area contributed by atoms with Crippen molar-refractivity contribution >= 4 is 0 Å². The van der Waals surface area contributed by atoms with E-state index in [4.69, 9.17) is 4.74 Å². The van der Waals surface area contributed by atoms with Gasteiger partial charge in [-0.1, -0.05) is 13.8 Å². The highest BCUT2D eigenvalue weighted by atomic mass is 16.5. The van der Waals surface area contributed by atoms with Gasteiger partial charge in [0.2, 0.25) is 0 Å². The zero-order valence-corrected chi connectivity index (χ0v) is 11.9. The van der Waals surface area contributed by atoms with Crippen LogP contribution in [0.4, 0.5) is 0 Å². The molecule has 1 rings (SSSR count). The Kier molecular flexibility index (Phi) is 5.56. The van der Waals surface area contributed by atoms with Crippen molar-refractivity contribution in [1.29, 1.82) is 0 Å². The van der Waals surface area contributed by atoms with E-state index in [1.807, 2.05) is 20.0 Å². The van der Waals surface area contributed by atoms with Gasteiger partial charge in [0.15, 0.2) is 0 Å². The van der Waals surface area contributed by atoms with Crippen LogP contribution in [0.5, 0.6) is 5.75 Å². The van der Waals surface area contributed by atoms with Crippen molar-refractivity contribution in [3.8, 4) is 5.75 Å². The van der Waals surface area contributed by atoms with Crippen molar-refractivity contribution in [3.63, 3.8) is 0 Å². The summed E-state index contributed by atoms with van der Waals surface area (Å²) in [6.45, 7) is 8.96. The van der Waals surface area contributed by atoms with Crippen LogP contribution in [-0.4, -0.2) is 29.8 Å². The first kappa shape index (κ1) is 14.9. The second kappa shape index (κ2) is 6.71. The van der Waals surface area contributed by atoms with Crippen molar-refractivity contribution in [2.45, 2.75) is 40.3 Å². The van der Waals surface area contributed by atoms with Crippen molar-refractivity contribution in [1.82, 2.24) is 10.3 Å². The van der Waals surface area contributed by atoms with Crippen LogP contribution in [0.25, 0.3) is 0 Å². The highest BCUT2D eigenvalue weighted by Crippen LogP contribution is 2.23. The number of rotatable bonds is 6. The van der Waals surface area contributed by atoms with Gasteiger partial charge >= 0.3 is 0 Å². The molecule has 4 heteroatoms. The van der Waals surface area contributed by atoms with Gasteiger partial charge in [-0.2, -0.15) is 0 Å². The molecule has 0 amide bonds. The molecule has 0 radical (unpaired) electrons. The van der Waals surface area contributed by atoms with Gasteiger partial charge in [-0.25, -0.2) is 0 Å². The van der Waals surface area contributed by atoms with Crippen LogP contribution in [-0.2, 0) is 6.54 Å². The molecule has 4 nitrogen and oxygen atoms in total. The van der Waals surface area contributed by atoms with E-state index in [0.717, 1.165) is 22.6 Å². The van der Waals surface area contributed by atoms with E-state index < -0.39 is 0 Å². The lowest BCUT2D eigenvalue weighted by Gasteiger charge is -2.20. The lowest BCUT2D eigenvalue weighted by molar-refractivity contribution is 0.209. The van der Waals surface area contributed by atoms with Gasteiger partial charge in [0.1, 0.15) is 5.75 Å². The van der Waals surface area contributed by atoms with E-state index in [1.165, 1.54) is 0 Å². The maximum Gasteiger partial charge on any atom is 0.128 e. The summed E-state index contributed by atoms with van der Waals surface area (Å²) in [4.78, 5) is 4.43. The van der Waals surface area contributed by atoms with E-state index in [-0.39, 0.29) is 12.6 Å². The number of pyridine rings is 1. The van der Waals surface area contributed by atoms with Crippen LogP contribution in [0.1, 0.15) is 30.7 Å². The molecule has 1 atom stereocenters. The van der Waals surface area contributed by atoms with Gasteiger partial charge in [0.05, 0.1) is 19.4 Å². The Morgan fingerprint density at radius 1 is 1.39 bits per heavy atom. The Labute approximate surface area is 109 Å². The molecule has 0 aliphatic carbocycles. The second-order valence-corrected chi connectivity index (χ2v) is 4.96. The molecule has 0 saturated carbocycles. The molecule has 0 aliphatic rings. The molecule has 0 aromatic carbocycles. The lowest BCUT2D eigenvalue weighted by Crippen LogP contribution is -2.36. The summed E-state index contributed by atoms with van der Waals surface area (Å²) in [7, 11) is 1.68. The zero-order valence-electron chi connectivity index (χ0n) is 11.9. The molecule has 0 fully saturated rings. The highest BCUT2D eigenvalue weighted by Gasteiger charge is 2.14. The van der Waals surface area contributed by atoms with E-state index in [9.17, 15) is 5.11 Å². The first-order valence-electron chi connectivity index (χ1n) is 6.34. The number of methoxy groups -OCH3 is 1. The number of nitrogens with one attached hydrogen (secondary N) is 1. The minimum atomic E-state index is 0.0958. The standard InChI is InChI=1S/C14H24N2O2/c1-9(2)13(8-17)16-7-12-11(4)14(18-5)10(3)6-15-12/h6,9,13,16-17H,7-8H2,1-5H3/t13-/m1/s1. The van der Waals surface area contributed by atoms with Crippen LogP contribution >= 0.6 is 0 Å². The monoisotopic (exact) mass is 252 g/mol. The summed E-state index contributed by atoms with van der Waals surface area (Å²) in [5.74, 6) is 1.29. The Morgan fingerprint density at radius 3 is 2.56 bits per heavy atom. The number of ether oxygens (including phenoxy) is 1. The summed E-state index contributed by atoms with van der Waals surface area (Å²) in [5, 5.41) is 12.6. The predicted octanol–water partition coefficient (Wildman–Crippen LogP) is 1.81. The first-order chi connectivity index (χ1) is 8.51. The maximum absolute atomic E-state index is 9.28. The minimum absolute atomic E-state index is 0.0958. The molecule has 2 N–H and O–H groups in total. The first-order valence-corrected chi connectivity index (χ1v) is 6.34. The molecule has 0 bridgehead atoms. The van der Waals surface area contributed by atoms with E-state index >= 15 is 0 Å². The summed E-state index contributed by atoms with van der Waals surface area (Å²) in [6.07, 6.45) is 1.83. The van der Waals surface area contributed by atoms with Gasteiger partial charge in [-0.05, 0) is 19.8 Å². The third kappa shape index (κ3) is 3.43. The van der Waals surface area contributed by atoms with E-state index in [1.54, 1.807) is 7.11 Å². The highest BCUT2D eigenvalue weighted by molar-refractivity contribution is 5.40. The summed E-state index contributed by atoms with van der Waals surface area (Å²) < 4.78 is 5.38. The van der Waals surface area contributed by atoms with Crippen molar-refractivity contribution < 1.29 is 9.84 Å². The van der Waals surface area contributed by atoms with Crippen molar-refractivity contribution in [2.75, 3.05) is 13.7 Å². The average molecular weight is 252 g/mol. The fraction of sp³-hybridized carbons (Fsp3) is 0.643. The number of aliphatic hydroxyl groups excluding tert-OH is 1. The van der Waals surface area contributed by atoms with Gasteiger partial charge < -0.3 is 15.2 Å². The topological polar surface area (TPSA) is 54.4 Å². The van der Waals surface area contributed by atoms with E-state index in [0.29, 0.717) is 12.5 Å². The summed E-state index contributed by atoms with van der Waals surface area (Å²) >= 11 is 0. The number of nitrogens with zero attached hydrogens (tertiary/aromatic N) is 1. The largest absolute Gasteiger partial charge is 0.496 e. The molecule has 0 saturated heterocycles. The minimum Gasteiger partial charge on any atom is -0.496 e. The summed E-state index contributed by atoms with van der Waals surface area (Å²) in [5.41, 5.74) is 3.07. The normalized spacial score (nSPS) is 12.8. The van der Waals surface area contributed by atoms with E-state index in [2.05, 4.69) is 24.1 Å². The van der Waals surface area contributed by atoms with Crippen LogP contribution in [0.2, 0.25) is 0 Å². The molecule has 1 aromatic rings. The number of hydrogen-bond acceptors (Lipinski definition) is 4. The molecule has 0 aliphatic heterocycles. The third-order valence-electron chi connectivity index (χ3n) is 3.28. The van der Waals surface area contributed by atoms with Gasteiger partial charge in [0, 0.05) is 29.9 Å². The average Bonchev–Trinajstić information content (AvgIpc) is 2.32. The lowest BCUT2D eigenvalue weighted by atomic mass is 10.0. The third-order valence-corrected chi connectivity index (χ3v) is 3.28. The molecule has 0 spiro atoms. The smallest absolute Gasteiger partial charge is 0.128 e.